The van der Waals surface area contributed by atoms with E-state index in [9.17, 15) is 13.2 Å². The van der Waals surface area contributed by atoms with Gasteiger partial charge in [-0.1, -0.05) is 36.0 Å². The monoisotopic (exact) mass is 440 g/mol. The lowest BCUT2D eigenvalue weighted by molar-refractivity contribution is 0.0762. The van der Waals surface area contributed by atoms with Crippen LogP contribution in [0, 0.1) is 0 Å². The van der Waals surface area contributed by atoms with Crippen LogP contribution in [-0.4, -0.2) is 39.4 Å². The van der Waals surface area contributed by atoms with Crippen molar-refractivity contribution in [1.29, 1.82) is 0 Å². The molecule has 0 aromatic heterocycles. The van der Waals surface area contributed by atoms with Gasteiger partial charge in [-0.15, -0.1) is 0 Å². The van der Waals surface area contributed by atoms with Gasteiger partial charge < -0.3 is 4.90 Å². The number of rotatable bonds is 4. The van der Waals surface area contributed by atoms with Crippen LogP contribution in [0.3, 0.4) is 0 Å². The molecule has 1 amide bonds. The van der Waals surface area contributed by atoms with Crippen LogP contribution < -0.4 is 4.31 Å². The van der Waals surface area contributed by atoms with E-state index in [2.05, 4.69) is 0 Å². The largest absolute Gasteiger partial charge is 0.339 e. The molecule has 1 saturated heterocycles. The Kier molecular flexibility index (Phi) is 6.53. The van der Waals surface area contributed by atoms with E-state index in [0.29, 0.717) is 16.3 Å². The molecule has 0 unspecified atom stereocenters. The molecule has 0 N–H and O–H groups in total. The maximum absolute atomic E-state index is 12.8. The van der Waals surface area contributed by atoms with Gasteiger partial charge in [-0.3, -0.25) is 9.10 Å². The molecule has 5 nitrogen and oxygen atoms in total. The average molecular weight is 441 g/mol. The van der Waals surface area contributed by atoms with E-state index in [-0.39, 0.29) is 15.8 Å². The van der Waals surface area contributed by atoms with E-state index >= 15 is 0 Å². The molecular weight excluding hydrogens is 419 g/mol. The van der Waals surface area contributed by atoms with Gasteiger partial charge in [0.05, 0.1) is 21.2 Å². The summed E-state index contributed by atoms with van der Waals surface area (Å²) in [5.74, 6) is -0.110. The first-order chi connectivity index (χ1) is 13.3. The predicted octanol–water partition coefficient (Wildman–Crippen LogP) is 4.83. The summed E-state index contributed by atoms with van der Waals surface area (Å²) in [6.45, 7) is 1.45. The molecular formula is C20H22Cl2N2O3S. The van der Waals surface area contributed by atoms with Crippen LogP contribution in [0.4, 0.5) is 5.69 Å². The quantitative estimate of drug-likeness (QED) is 0.683. The number of carbonyl (C=O) groups excluding carboxylic acids is 1. The Morgan fingerprint density at radius 1 is 0.964 bits per heavy atom. The van der Waals surface area contributed by atoms with E-state index in [1.54, 1.807) is 12.1 Å². The lowest BCUT2D eigenvalue weighted by Gasteiger charge is -2.23. The first-order valence-electron chi connectivity index (χ1n) is 9.14. The number of hydrogen-bond donors (Lipinski definition) is 0. The van der Waals surface area contributed by atoms with Crippen molar-refractivity contribution in [2.45, 2.75) is 30.6 Å². The van der Waals surface area contributed by atoms with E-state index in [1.165, 1.54) is 37.4 Å². The van der Waals surface area contributed by atoms with E-state index in [4.69, 9.17) is 23.2 Å². The van der Waals surface area contributed by atoms with Crippen LogP contribution in [0.5, 0.6) is 0 Å². The number of benzene rings is 2. The summed E-state index contributed by atoms with van der Waals surface area (Å²) in [6.07, 6.45) is 4.24. The first-order valence-corrected chi connectivity index (χ1v) is 11.3. The third-order valence-electron chi connectivity index (χ3n) is 4.91. The highest BCUT2D eigenvalue weighted by molar-refractivity contribution is 7.92. The van der Waals surface area contributed by atoms with Crippen molar-refractivity contribution in [2.75, 3.05) is 24.4 Å². The van der Waals surface area contributed by atoms with Crippen molar-refractivity contribution < 1.29 is 13.2 Å². The zero-order valence-electron chi connectivity index (χ0n) is 15.6. The Bertz CT molecular complexity index is 954. The fraction of sp³-hybridized carbons (Fsp3) is 0.350. The van der Waals surface area contributed by atoms with E-state index in [0.717, 1.165) is 43.1 Å². The number of likely N-dealkylation sites (tertiary alicyclic amines) is 1. The molecule has 150 valence electrons. The van der Waals surface area contributed by atoms with Crippen molar-refractivity contribution in [3.05, 3.63) is 58.1 Å². The molecule has 28 heavy (non-hydrogen) atoms. The molecule has 1 fully saturated rings. The number of carbonyl (C=O) groups is 1. The zero-order chi connectivity index (χ0) is 20.3. The second-order valence-corrected chi connectivity index (χ2v) is 9.61. The smallest absolute Gasteiger partial charge is 0.264 e. The third-order valence-corrected chi connectivity index (χ3v) is 7.28. The SMILES string of the molecule is CN(c1ccc(C(=O)N2CCCCCC2)c(Cl)c1)S(=O)(=O)c1ccc(Cl)cc1. The Morgan fingerprint density at radius 2 is 1.57 bits per heavy atom. The van der Waals surface area contributed by atoms with Crippen molar-refractivity contribution in [1.82, 2.24) is 4.90 Å². The van der Waals surface area contributed by atoms with Crippen molar-refractivity contribution in [3.8, 4) is 0 Å². The Hall–Kier alpha value is -1.76. The summed E-state index contributed by atoms with van der Waals surface area (Å²) in [6, 6.07) is 10.7. The molecule has 0 saturated carbocycles. The number of amides is 1. The zero-order valence-corrected chi connectivity index (χ0v) is 17.9. The number of halogens is 2. The van der Waals surface area contributed by atoms with Gasteiger partial charge >= 0.3 is 0 Å². The molecule has 1 aliphatic rings. The van der Waals surface area contributed by atoms with Gasteiger partial charge in [0.25, 0.3) is 15.9 Å². The number of anilines is 1. The maximum Gasteiger partial charge on any atom is 0.264 e. The van der Waals surface area contributed by atoms with Crippen LogP contribution in [-0.2, 0) is 10.0 Å². The third kappa shape index (κ3) is 4.45. The second kappa shape index (κ2) is 8.72. The topological polar surface area (TPSA) is 57.7 Å². The highest BCUT2D eigenvalue weighted by Crippen LogP contribution is 2.28. The minimum Gasteiger partial charge on any atom is -0.339 e. The summed E-state index contributed by atoms with van der Waals surface area (Å²) < 4.78 is 26.8. The lowest BCUT2D eigenvalue weighted by Crippen LogP contribution is -2.32. The lowest BCUT2D eigenvalue weighted by atomic mass is 10.1. The van der Waals surface area contributed by atoms with Crippen molar-refractivity contribution in [3.63, 3.8) is 0 Å². The van der Waals surface area contributed by atoms with Crippen LogP contribution in [0.2, 0.25) is 10.0 Å². The molecule has 0 atom stereocenters. The van der Waals surface area contributed by atoms with Gasteiger partial charge in [0, 0.05) is 25.2 Å². The summed E-state index contributed by atoms with van der Waals surface area (Å²) in [5.41, 5.74) is 0.775. The predicted molar refractivity (Wildman–Crippen MR) is 113 cm³/mol. The Labute approximate surface area is 175 Å². The summed E-state index contributed by atoms with van der Waals surface area (Å²) in [5, 5.41) is 0.700. The molecule has 1 heterocycles. The molecule has 0 aliphatic carbocycles. The molecule has 2 aromatic rings. The summed E-state index contributed by atoms with van der Waals surface area (Å²) >= 11 is 12.2. The Morgan fingerprint density at radius 3 is 2.14 bits per heavy atom. The second-order valence-electron chi connectivity index (χ2n) is 6.80. The van der Waals surface area contributed by atoms with E-state index < -0.39 is 10.0 Å². The fourth-order valence-electron chi connectivity index (χ4n) is 3.22. The molecule has 3 rings (SSSR count). The first kappa shape index (κ1) is 21.0. The normalized spacial score (nSPS) is 15.2. The molecule has 0 radical (unpaired) electrons. The summed E-state index contributed by atoms with van der Waals surface area (Å²) in [4.78, 5) is 14.7. The molecule has 1 aliphatic heterocycles. The van der Waals surface area contributed by atoms with Gasteiger partial charge in [-0.05, 0) is 55.3 Å². The minimum absolute atomic E-state index is 0.110. The van der Waals surface area contributed by atoms with Gasteiger partial charge in [0.1, 0.15) is 0 Å². The molecule has 0 bridgehead atoms. The number of sulfonamides is 1. The number of hydrogen-bond acceptors (Lipinski definition) is 3. The van der Waals surface area contributed by atoms with Gasteiger partial charge in [0.2, 0.25) is 0 Å². The Balaban J connectivity index is 1.85. The summed E-state index contributed by atoms with van der Waals surface area (Å²) in [7, 11) is -2.31. The van der Waals surface area contributed by atoms with Crippen LogP contribution in [0.15, 0.2) is 47.4 Å². The van der Waals surface area contributed by atoms with Crippen molar-refractivity contribution >= 4 is 44.8 Å². The van der Waals surface area contributed by atoms with Gasteiger partial charge in [-0.2, -0.15) is 0 Å². The molecule has 2 aromatic carbocycles. The number of nitrogens with zero attached hydrogens (tertiary/aromatic N) is 2. The van der Waals surface area contributed by atoms with Crippen molar-refractivity contribution in [2.24, 2.45) is 0 Å². The van der Waals surface area contributed by atoms with Gasteiger partial charge in [-0.25, -0.2) is 8.42 Å². The van der Waals surface area contributed by atoms with E-state index in [1.807, 2.05) is 4.90 Å². The van der Waals surface area contributed by atoms with Crippen LogP contribution in [0.25, 0.3) is 0 Å². The molecule has 8 heteroatoms. The highest BCUT2D eigenvalue weighted by Gasteiger charge is 2.24. The molecule has 0 spiro atoms. The maximum atomic E-state index is 12.8. The van der Waals surface area contributed by atoms with Gasteiger partial charge in [0.15, 0.2) is 0 Å². The van der Waals surface area contributed by atoms with Crippen LogP contribution >= 0.6 is 23.2 Å². The average Bonchev–Trinajstić information content (AvgIpc) is 2.96. The van der Waals surface area contributed by atoms with Crippen LogP contribution in [0.1, 0.15) is 36.0 Å². The standard InChI is InChI=1S/C20H22Cl2N2O3S/c1-23(28(26,27)17-9-6-15(21)7-10-17)16-8-11-18(19(22)14-16)20(25)24-12-4-2-3-5-13-24/h6-11,14H,2-5,12-13H2,1H3. The minimum atomic E-state index is -3.76. The highest BCUT2D eigenvalue weighted by atomic mass is 35.5. The fourth-order valence-corrected chi connectivity index (χ4v) is 4.79.